The minimum absolute atomic E-state index is 0.137. The van der Waals surface area contributed by atoms with Gasteiger partial charge in [-0.05, 0) is 44.9 Å². The lowest BCUT2D eigenvalue weighted by atomic mass is 9.89. The second kappa shape index (κ2) is 8.86. The zero-order chi connectivity index (χ0) is 20.4. The van der Waals surface area contributed by atoms with Gasteiger partial charge in [0.15, 0.2) is 5.69 Å². The maximum atomic E-state index is 13.3. The van der Waals surface area contributed by atoms with E-state index in [-0.39, 0.29) is 11.8 Å². The Bertz CT molecular complexity index is 745. The molecule has 3 heterocycles. The van der Waals surface area contributed by atoms with E-state index in [1.807, 2.05) is 9.80 Å². The fourth-order valence-electron chi connectivity index (χ4n) is 5.20. The number of amides is 2. The van der Waals surface area contributed by atoms with Gasteiger partial charge in [0.25, 0.3) is 5.91 Å². The molecule has 2 amide bonds. The number of aromatic nitrogens is 2. The Kier molecular flexibility index (Phi) is 6.23. The van der Waals surface area contributed by atoms with Gasteiger partial charge in [0, 0.05) is 70.0 Å². The maximum Gasteiger partial charge on any atom is 0.274 e. The van der Waals surface area contributed by atoms with Crippen LogP contribution in [-0.2, 0) is 24.2 Å². The van der Waals surface area contributed by atoms with E-state index in [9.17, 15) is 9.59 Å². The van der Waals surface area contributed by atoms with Crippen LogP contribution < -0.4 is 0 Å². The first kappa shape index (κ1) is 20.4. The highest BCUT2D eigenvalue weighted by atomic mass is 16.2. The molecule has 0 aromatic carbocycles. The first-order valence-electron chi connectivity index (χ1n) is 11.5. The van der Waals surface area contributed by atoms with E-state index in [4.69, 9.17) is 5.10 Å². The van der Waals surface area contributed by atoms with Crippen LogP contribution in [0.1, 0.15) is 67.7 Å². The highest BCUT2D eigenvalue weighted by Gasteiger charge is 2.34. The molecule has 1 aliphatic carbocycles. The van der Waals surface area contributed by atoms with Gasteiger partial charge in [-0.3, -0.25) is 19.2 Å². The van der Waals surface area contributed by atoms with Crippen LogP contribution in [-0.4, -0.2) is 81.6 Å². The summed E-state index contributed by atoms with van der Waals surface area (Å²) in [4.78, 5) is 31.4. The van der Waals surface area contributed by atoms with Crippen molar-refractivity contribution < 1.29 is 9.59 Å². The Labute approximate surface area is 174 Å². The largest absolute Gasteiger partial charge is 0.340 e. The van der Waals surface area contributed by atoms with Crippen LogP contribution in [0, 0.1) is 0 Å². The molecule has 0 spiro atoms. The Hall–Kier alpha value is -1.89. The molecule has 0 saturated carbocycles. The zero-order valence-corrected chi connectivity index (χ0v) is 18.0. The van der Waals surface area contributed by atoms with E-state index in [1.165, 1.54) is 17.7 Å². The first-order valence-corrected chi connectivity index (χ1v) is 11.5. The molecule has 0 N–H and O–H groups in total. The number of rotatable bonds is 4. The van der Waals surface area contributed by atoms with Crippen molar-refractivity contribution >= 4 is 11.8 Å². The van der Waals surface area contributed by atoms with E-state index in [2.05, 4.69) is 16.5 Å². The topological polar surface area (TPSA) is 61.7 Å². The molecule has 2 fully saturated rings. The molecule has 3 aliphatic rings. The smallest absolute Gasteiger partial charge is 0.274 e. The molecule has 160 valence electrons. The van der Waals surface area contributed by atoms with E-state index in [0.29, 0.717) is 11.7 Å². The van der Waals surface area contributed by atoms with Gasteiger partial charge in [0.1, 0.15) is 0 Å². The molecule has 4 rings (SSSR count). The van der Waals surface area contributed by atoms with E-state index in [1.54, 1.807) is 6.92 Å². The molecular weight excluding hydrogens is 366 g/mol. The lowest BCUT2D eigenvalue weighted by molar-refractivity contribution is -0.130. The number of carbonyl (C=O) groups is 2. The number of aryl methyl sites for hydroxylation is 1. The van der Waals surface area contributed by atoms with Crippen LogP contribution in [0.3, 0.4) is 0 Å². The van der Waals surface area contributed by atoms with Gasteiger partial charge in [-0.2, -0.15) is 5.10 Å². The van der Waals surface area contributed by atoms with Gasteiger partial charge < -0.3 is 9.80 Å². The highest BCUT2D eigenvalue weighted by Crippen LogP contribution is 2.29. The Balaban J connectivity index is 1.52. The van der Waals surface area contributed by atoms with Gasteiger partial charge >= 0.3 is 0 Å². The van der Waals surface area contributed by atoms with Crippen molar-refractivity contribution in [3.63, 3.8) is 0 Å². The third kappa shape index (κ3) is 4.20. The summed E-state index contributed by atoms with van der Waals surface area (Å²) < 4.78 is 2.11. The number of hydrogen-bond acceptors (Lipinski definition) is 4. The van der Waals surface area contributed by atoms with Gasteiger partial charge in [0.2, 0.25) is 5.91 Å². The fraction of sp³-hybridized carbons (Fsp3) is 0.773. The lowest BCUT2D eigenvalue weighted by Gasteiger charge is -2.40. The van der Waals surface area contributed by atoms with Crippen LogP contribution in [0.25, 0.3) is 0 Å². The summed E-state index contributed by atoms with van der Waals surface area (Å²) >= 11 is 0. The molecular formula is C22H35N5O2. The predicted octanol–water partition coefficient (Wildman–Crippen LogP) is 1.94. The normalized spacial score (nSPS) is 23.2. The second-order valence-electron chi connectivity index (χ2n) is 8.79. The summed E-state index contributed by atoms with van der Waals surface area (Å²) in [5, 5.41) is 4.83. The van der Waals surface area contributed by atoms with Crippen molar-refractivity contribution in [1.29, 1.82) is 0 Å². The van der Waals surface area contributed by atoms with Crippen molar-refractivity contribution in [1.82, 2.24) is 24.5 Å². The van der Waals surface area contributed by atoms with Crippen molar-refractivity contribution in [2.75, 3.05) is 39.3 Å². The van der Waals surface area contributed by atoms with Crippen LogP contribution in [0.2, 0.25) is 0 Å². The van der Waals surface area contributed by atoms with E-state index in [0.717, 1.165) is 84.3 Å². The van der Waals surface area contributed by atoms with Crippen LogP contribution in [0.4, 0.5) is 0 Å². The Morgan fingerprint density at radius 2 is 1.72 bits per heavy atom. The van der Waals surface area contributed by atoms with E-state index < -0.39 is 0 Å². The summed E-state index contributed by atoms with van der Waals surface area (Å²) in [6.07, 6.45) is 7.47. The molecule has 29 heavy (non-hydrogen) atoms. The molecule has 1 atom stereocenters. The number of nitrogens with zero attached hydrogens (tertiary/aromatic N) is 5. The van der Waals surface area contributed by atoms with Crippen LogP contribution in [0.15, 0.2) is 0 Å². The highest BCUT2D eigenvalue weighted by molar-refractivity contribution is 5.94. The average Bonchev–Trinajstić information content (AvgIpc) is 3.12. The maximum absolute atomic E-state index is 13.3. The van der Waals surface area contributed by atoms with E-state index >= 15 is 0 Å². The minimum atomic E-state index is 0.137. The summed E-state index contributed by atoms with van der Waals surface area (Å²) in [5.74, 6) is 0.309. The Morgan fingerprint density at radius 3 is 2.38 bits per heavy atom. The second-order valence-corrected chi connectivity index (χ2v) is 8.79. The summed E-state index contributed by atoms with van der Waals surface area (Å²) in [5.41, 5.74) is 3.19. The molecule has 7 heteroatoms. The molecule has 0 unspecified atom stereocenters. The van der Waals surface area contributed by atoms with Crippen molar-refractivity contribution in [2.24, 2.45) is 0 Å². The van der Waals surface area contributed by atoms with Crippen molar-refractivity contribution in [3.8, 4) is 0 Å². The minimum Gasteiger partial charge on any atom is -0.340 e. The number of likely N-dealkylation sites (tertiary alicyclic amines) is 1. The SMILES string of the molecule is CCCn1nc(C(=O)N2CCCCC2)c2c1CC[C@@H](N1CCN(C(C)=O)CC1)C2. The molecule has 2 saturated heterocycles. The molecule has 0 bridgehead atoms. The standard InChI is InChI=1S/C22H35N5O2/c1-3-9-27-20-8-7-18(25-14-12-24(13-15-25)17(2)28)16-19(20)21(23-27)22(29)26-10-5-4-6-11-26/h18H,3-16H2,1-2H3/t18-/m1/s1. The zero-order valence-electron chi connectivity index (χ0n) is 18.0. The quantitative estimate of drug-likeness (QED) is 0.774. The molecule has 1 aromatic rings. The third-order valence-corrected chi connectivity index (χ3v) is 6.88. The predicted molar refractivity (Wildman–Crippen MR) is 112 cm³/mol. The average molecular weight is 402 g/mol. The van der Waals surface area contributed by atoms with Crippen LogP contribution in [0.5, 0.6) is 0 Å². The number of piperazine rings is 1. The fourth-order valence-corrected chi connectivity index (χ4v) is 5.20. The Morgan fingerprint density at radius 1 is 1.00 bits per heavy atom. The van der Waals surface area contributed by atoms with Crippen molar-refractivity contribution in [2.45, 2.75) is 71.4 Å². The number of piperidine rings is 1. The number of hydrogen-bond donors (Lipinski definition) is 0. The molecule has 2 aliphatic heterocycles. The van der Waals surface area contributed by atoms with Gasteiger partial charge in [-0.15, -0.1) is 0 Å². The monoisotopic (exact) mass is 401 g/mol. The first-order chi connectivity index (χ1) is 14.1. The lowest BCUT2D eigenvalue weighted by Crippen LogP contribution is -2.52. The van der Waals surface area contributed by atoms with Crippen molar-refractivity contribution in [3.05, 3.63) is 17.0 Å². The number of fused-ring (bicyclic) bond motifs is 1. The van der Waals surface area contributed by atoms with Crippen LogP contribution >= 0.6 is 0 Å². The third-order valence-electron chi connectivity index (χ3n) is 6.88. The summed E-state index contributed by atoms with van der Waals surface area (Å²) in [7, 11) is 0. The summed E-state index contributed by atoms with van der Waals surface area (Å²) in [6, 6.07) is 0.448. The summed E-state index contributed by atoms with van der Waals surface area (Å²) in [6.45, 7) is 9.92. The van der Waals surface area contributed by atoms with Gasteiger partial charge in [-0.25, -0.2) is 0 Å². The van der Waals surface area contributed by atoms with Gasteiger partial charge in [-0.1, -0.05) is 6.92 Å². The number of carbonyl (C=O) groups excluding carboxylic acids is 2. The molecule has 1 aromatic heterocycles. The molecule has 7 nitrogen and oxygen atoms in total. The molecule has 0 radical (unpaired) electrons. The van der Waals surface area contributed by atoms with Gasteiger partial charge in [0.05, 0.1) is 0 Å².